The number of fused-ring (bicyclic) bond motifs is 1. The Labute approximate surface area is 221 Å². The van der Waals surface area contributed by atoms with Crippen LogP contribution in [0.15, 0.2) is 23.4 Å². The number of halogens is 2. The summed E-state index contributed by atoms with van der Waals surface area (Å²) in [6.45, 7) is 7.36. The molecule has 3 N–H and O–H groups in total. The number of benzene rings is 1. The van der Waals surface area contributed by atoms with E-state index in [0.29, 0.717) is 30.5 Å². The maximum atomic E-state index is 14.4. The molecule has 4 heterocycles. The highest BCUT2D eigenvalue weighted by Gasteiger charge is 2.31. The van der Waals surface area contributed by atoms with Crippen molar-refractivity contribution >= 4 is 22.9 Å². The predicted octanol–water partition coefficient (Wildman–Crippen LogP) is 4.96. The number of ether oxygens (including phenoxy) is 1. The van der Waals surface area contributed by atoms with E-state index in [0.717, 1.165) is 90.0 Å². The summed E-state index contributed by atoms with van der Waals surface area (Å²) in [6, 6.07) is 3.88. The van der Waals surface area contributed by atoms with Crippen LogP contribution in [0.3, 0.4) is 0 Å². The van der Waals surface area contributed by atoms with Gasteiger partial charge >= 0.3 is 0 Å². The van der Waals surface area contributed by atoms with Crippen molar-refractivity contribution in [3.63, 3.8) is 0 Å². The summed E-state index contributed by atoms with van der Waals surface area (Å²) in [5.74, 6) is 0.397. The van der Waals surface area contributed by atoms with Crippen LogP contribution in [-0.4, -0.2) is 61.8 Å². The predicted molar refractivity (Wildman–Crippen MR) is 145 cm³/mol. The monoisotopic (exact) mass is 530 g/mol. The van der Waals surface area contributed by atoms with Gasteiger partial charge in [0.15, 0.2) is 0 Å². The molecule has 2 aromatic rings. The van der Waals surface area contributed by atoms with Gasteiger partial charge in [-0.15, -0.1) is 11.3 Å². The van der Waals surface area contributed by atoms with Gasteiger partial charge in [0, 0.05) is 73.4 Å². The van der Waals surface area contributed by atoms with Crippen molar-refractivity contribution < 1.29 is 13.5 Å². The average molecular weight is 531 g/mol. The molecule has 1 aromatic carbocycles. The number of rotatable bonds is 6. The molecule has 1 aromatic heterocycles. The largest absolute Gasteiger partial charge is 0.385 e. The van der Waals surface area contributed by atoms with Crippen LogP contribution in [0, 0.1) is 19.3 Å². The topological polar surface area (TPSA) is 76.5 Å². The quantitative estimate of drug-likeness (QED) is 0.362. The van der Waals surface area contributed by atoms with E-state index in [-0.39, 0.29) is 5.56 Å². The molecular formula is C27H36F2N6OS. The molecule has 10 heteroatoms. The van der Waals surface area contributed by atoms with E-state index >= 15 is 0 Å². The third-order valence-corrected chi connectivity index (χ3v) is 8.68. The van der Waals surface area contributed by atoms with E-state index in [4.69, 9.17) is 4.74 Å². The number of thiazole rings is 1. The molecule has 5 rings (SSSR count). The lowest BCUT2D eigenvalue weighted by molar-refractivity contribution is 0.0795. The smallest absolute Gasteiger partial charge is 0.264 e. The Morgan fingerprint density at radius 3 is 2.65 bits per heavy atom. The second kappa shape index (κ2) is 11.1. The fraction of sp³-hybridized carbons (Fsp3) is 0.556. The van der Waals surface area contributed by atoms with Gasteiger partial charge in [-0.05, 0) is 64.3 Å². The Morgan fingerprint density at radius 1 is 1.19 bits per heavy atom. The average Bonchev–Trinajstić information content (AvgIpc) is 3.25. The van der Waals surface area contributed by atoms with Crippen molar-refractivity contribution in [1.29, 1.82) is 5.41 Å². The van der Waals surface area contributed by atoms with E-state index in [9.17, 15) is 14.2 Å². The van der Waals surface area contributed by atoms with Crippen molar-refractivity contribution in [2.75, 3.05) is 44.8 Å². The first-order valence-corrected chi connectivity index (χ1v) is 13.9. The molecule has 1 saturated heterocycles. The normalized spacial score (nSPS) is 19.5. The molecule has 0 saturated carbocycles. The van der Waals surface area contributed by atoms with Gasteiger partial charge in [0.05, 0.1) is 15.6 Å². The molecule has 7 nitrogen and oxygen atoms in total. The van der Waals surface area contributed by atoms with Crippen LogP contribution >= 0.6 is 11.3 Å². The summed E-state index contributed by atoms with van der Waals surface area (Å²) in [4.78, 5) is 7.23. The lowest BCUT2D eigenvalue weighted by Crippen LogP contribution is -2.48. The number of amidine groups is 1. The highest BCUT2D eigenvalue weighted by Crippen LogP contribution is 2.42. The summed E-state index contributed by atoms with van der Waals surface area (Å²) in [5.41, 5.74) is 8.37. The van der Waals surface area contributed by atoms with Gasteiger partial charge < -0.3 is 15.0 Å². The Hall–Kier alpha value is -2.40. The van der Waals surface area contributed by atoms with Crippen LogP contribution in [0.5, 0.6) is 0 Å². The second-order valence-electron chi connectivity index (χ2n) is 10.0. The molecule has 1 fully saturated rings. The van der Waals surface area contributed by atoms with Gasteiger partial charge in [-0.2, -0.15) is 0 Å². The van der Waals surface area contributed by atoms with Gasteiger partial charge in [0.2, 0.25) is 0 Å². The second-order valence-corrected chi connectivity index (χ2v) is 11.2. The zero-order valence-electron chi connectivity index (χ0n) is 21.8. The fourth-order valence-corrected chi connectivity index (χ4v) is 6.58. The number of hydrazine groups is 1. The molecule has 3 aliphatic heterocycles. The minimum atomic E-state index is -2.61. The van der Waals surface area contributed by atoms with Crippen molar-refractivity contribution in [2.24, 2.45) is 0 Å². The van der Waals surface area contributed by atoms with Gasteiger partial charge in [-0.1, -0.05) is 0 Å². The number of hydrogen-bond donors (Lipinski definition) is 3. The summed E-state index contributed by atoms with van der Waals surface area (Å²) in [5, 5.41) is 16.0. The molecule has 0 bridgehead atoms. The summed E-state index contributed by atoms with van der Waals surface area (Å²) in [6.07, 6.45) is 1.77. The maximum absolute atomic E-state index is 14.4. The number of nitrogens with one attached hydrogen (secondary N) is 3. The fourth-order valence-electron chi connectivity index (χ4n) is 5.62. The lowest BCUT2D eigenvalue weighted by atomic mass is 9.93. The molecule has 0 amide bonds. The van der Waals surface area contributed by atoms with Crippen LogP contribution in [0.1, 0.15) is 53.9 Å². The van der Waals surface area contributed by atoms with Gasteiger partial charge in [0.25, 0.3) is 6.43 Å². The number of aryl methyl sites for hydroxylation is 3. The Bertz CT molecular complexity index is 1190. The van der Waals surface area contributed by atoms with Crippen LogP contribution in [0.25, 0.3) is 10.4 Å². The highest BCUT2D eigenvalue weighted by molar-refractivity contribution is 7.15. The molecule has 0 spiro atoms. The Kier molecular flexibility index (Phi) is 7.90. The summed E-state index contributed by atoms with van der Waals surface area (Å²) in [7, 11) is 1.90. The summed E-state index contributed by atoms with van der Waals surface area (Å²) >= 11 is 1.46. The third-order valence-electron chi connectivity index (χ3n) is 7.57. The molecule has 0 aliphatic carbocycles. The number of hydrogen-bond acceptors (Lipinski definition) is 7. The number of aromatic nitrogens is 1. The first kappa shape index (κ1) is 26.2. The highest BCUT2D eigenvalue weighted by atomic mass is 32.1. The minimum absolute atomic E-state index is 0.0141. The van der Waals surface area contributed by atoms with E-state index in [2.05, 4.69) is 20.7 Å². The van der Waals surface area contributed by atoms with E-state index in [1.165, 1.54) is 11.3 Å². The van der Waals surface area contributed by atoms with Crippen molar-refractivity contribution in [1.82, 2.24) is 20.7 Å². The molecule has 200 valence electrons. The maximum Gasteiger partial charge on any atom is 0.264 e. The molecule has 0 unspecified atom stereocenters. The van der Waals surface area contributed by atoms with Gasteiger partial charge in [-0.3, -0.25) is 10.8 Å². The SMILES string of the molecule is CNN1CCC(NC2CCOCC2)=C(C(=N)N2CCCc3cc(-c4sc(C)nc4C)c(C(F)F)cc32)C1. The zero-order chi connectivity index (χ0) is 26.1. The van der Waals surface area contributed by atoms with Gasteiger partial charge in [0.1, 0.15) is 5.84 Å². The number of anilines is 1. The van der Waals surface area contributed by atoms with E-state index < -0.39 is 6.43 Å². The van der Waals surface area contributed by atoms with Gasteiger partial charge in [-0.25, -0.2) is 18.8 Å². The Morgan fingerprint density at radius 2 is 1.97 bits per heavy atom. The van der Waals surface area contributed by atoms with E-state index in [1.807, 2.05) is 31.9 Å². The van der Waals surface area contributed by atoms with Crippen molar-refractivity contribution in [3.05, 3.63) is 45.2 Å². The number of nitrogens with zero attached hydrogens (tertiary/aromatic N) is 3. The summed E-state index contributed by atoms with van der Waals surface area (Å²) < 4.78 is 34.3. The van der Waals surface area contributed by atoms with Crippen LogP contribution < -0.4 is 15.6 Å². The van der Waals surface area contributed by atoms with Crippen LogP contribution in [0.2, 0.25) is 0 Å². The van der Waals surface area contributed by atoms with Crippen molar-refractivity contribution in [3.8, 4) is 10.4 Å². The minimum Gasteiger partial charge on any atom is -0.385 e. The molecule has 3 aliphatic rings. The molecule has 0 atom stereocenters. The molecule has 37 heavy (non-hydrogen) atoms. The lowest BCUT2D eigenvalue weighted by Gasteiger charge is -2.38. The number of alkyl halides is 2. The molecular weight excluding hydrogens is 494 g/mol. The first-order chi connectivity index (χ1) is 17.9. The van der Waals surface area contributed by atoms with E-state index in [1.54, 1.807) is 6.07 Å². The standard InChI is InChI=1S/C27H36F2N6OS/c1-16-25(37-17(2)32-16)20-13-18-5-4-9-35(24(18)14-21(20)26(28)29)27(30)22-15-34(31-3)10-6-23(22)33-19-7-11-36-12-8-19/h13-14,19,26,30-31,33H,4-12,15H2,1-3H3. The first-order valence-electron chi connectivity index (χ1n) is 13.1. The van der Waals surface area contributed by atoms with Crippen LogP contribution in [0.4, 0.5) is 14.5 Å². The van der Waals surface area contributed by atoms with Crippen LogP contribution in [-0.2, 0) is 11.2 Å². The molecule has 0 radical (unpaired) electrons. The van der Waals surface area contributed by atoms with Crippen molar-refractivity contribution in [2.45, 2.75) is 58.4 Å². The third kappa shape index (κ3) is 5.43. The Balaban J connectivity index is 1.52. The zero-order valence-corrected chi connectivity index (χ0v) is 22.6.